The Labute approximate surface area is 84.4 Å². The van der Waals surface area contributed by atoms with Crippen LogP contribution in [-0.4, -0.2) is 12.1 Å². The number of carbonyl (C=O) groups is 2. The van der Waals surface area contributed by atoms with Crippen molar-refractivity contribution in [3.05, 3.63) is 11.6 Å². The molecule has 2 fully saturated rings. The number of rotatable bonds is 2. The van der Waals surface area contributed by atoms with Gasteiger partial charge in [-0.25, -0.2) is 0 Å². The zero-order valence-corrected chi connectivity index (χ0v) is 8.75. The summed E-state index contributed by atoms with van der Waals surface area (Å²) in [7, 11) is 0. The fraction of sp³-hybridized carbons (Fsp3) is 0.667. The zero-order valence-electron chi connectivity index (χ0n) is 8.75. The number of fused-ring (bicyclic) bond motifs is 1. The van der Waals surface area contributed by atoms with E-state index in [1.165, 1.54) is 0 Å². The first-order valence-corrected chi connectivity index (χ1v) is 5.26. The third-order valence-electron chi connectivity index (χ3n) is 3.72. The zero-order chi connectivity index (χ0) is 10.3. The van der Waals surface area contributed by atoms with Gasteiger partial charge < -0.3 is 4.79 Å². The number of carbonyl (C=O) groups excluding carboxylic acids is 2. The monoisotopic (exact) mass is 192 g/mol. The predicted molar refractivity (Wildman–Crippen MR) is 53.8 cm³/mol. The van der Waals surface area contributed by atoms with E-state index in [1.807, 2.05) is 19.9 Å². The normalized spacial score (nSPS) is 40.0. The maximum Gasteiger partial charge on any atom is 0.144 e. The summed E-state index contributed by atoms with van der Waals surface area (Å²) in [6, 6.07) is 0. The fourth-order valence-corrected chi connectivity index (χ4v) is 3.10. The van der Waals surface area contributed by atoms with E-state index in [0.717, 1.165) is 24.7 Å². The highest BCUT2D eigenvalue weighted by atomic mass is 16.1. The van der Waals surface area contributed by atoms with E-state index in [0.29, 0.717) is 12.3 Å². The minimum absolute atomic E-state index is 0.0522. The lowest BCUT2D eigenvalue weighted by molar-refractivity contribution is -0.144. The van der Waals surface area contributed by atoms with Gasteiger partial charge in [-0.3, -0.25) is 4.79 Å². The summed E-state index contributed by atoms with van der Waals surface area (Å²) in [6.45, 7) is 4.00. The van der Waals surface area contributed by atoms with Gasteiger partial charge in [0.1, 0.15) is 12.1 Å². The second-order valence-electron chi connectivity index (χ2n) is 4.80. The largest absolute Gasteiger partial charge is 0.303 e. The molecule has 3 atom stereocenters. The van der Waals surface area contributed by atoms with Crippen molar-refractivity contribution in [2.45, 2.75) is 33.1 Å². The lowest BCUT2D eigenvalue weighted by atomic mass is 9.57. The van der Waals surface area contributed by atoms with Crippen LogP contribution in [0.5, 0.6) is 0 Å². The van der Waals surface area contributed by atoms with Crippen LogP contribution in [0.2, 0.25) is 0 Å². The van der Waals surface area contributed by atoms with Gasteiger partial charge in [-0.05, 0) is 32.6 Å². The molecule has 2 aliphatic rings. The van der Waals surface area contributed by atoms with E-state index < -0.39 is 0 Å². The Balaban J connectivity index is 2.39. The van der Waals surface area contributed by atoms with Crippen molar-refractivity contribution >= 4 is 12.1 Å². The van der Waals surface area contributed by atoms with Crippen LogP contribution in [-0.2, 0) is 9.59 Å². The van der Waals surface area contributed by atoms with Gasteiger partial charge in [0.15, 0.2) is 0 Å². The predicted octanol–water partition coefficient (Wildman–Crippen LogP) is 2.14. The Morgan fingerprint density at radius 1 is 1.43 bits per heavy atom. The van der Waals surface area contributed by atoms with Gasteiger partial charge in [-0.2, -0.15) is 0 Å². The molecule has 2 saturated carbocycles. The minimum Gasteiger partial charge on any atom is -0.303 e. The Kier molecular flexibility index (Phi) is 2.09. The van der Waals surface area contributed by atoms with Crippen LogP contribution in [0.1, 0.15) is 33.1 Å². The van der Waals surface area contributed by atoms with E-state index in [-0.39, 0.29) is 17.1 Å². The van der Waals surface area contributed by atoms with Crippen molar-refractivity contribution in [2.24, 2.45) is 17.3 Å². The number of allylic oxidation sites excluding steroid dienone is 2. The highest BCUT2D eigenvalue weighted by Gasteiger charge is 2.60. The number of hydrogen-bond acceptors (Lipinski definition) is 2. The van der Waals surface area contributed by atoms with Crippen LogP contribution in [0, 0.1) is 17.3 Å². The molecule has 2 heteroatoms. The van der Waals surface area contributed by atoms with Crippen molar-refractivity contribution in [1.29, 1.82) is 0 Å². The standard InChI is InChI=1S/C12H16O2/c1-8(2)6-12-9(5-11(12)14)3-4-10(12)7-13/h6-7,9-10H,3-5H2,1-2H3/t9-,10+,12+/m0/s1. The quantitative estimate of drug-likeness (QED) is 0.496. The number of aldehydes is 1. The topological polar surface area (TPSA) is 34.1 Å². The number of Topliss-reactive ketones (excluding diaryl/α,β-unsaturated/α-hetero) is 1. The van der Waals surface area contributed by atoms with E-state index >= 15 is 0 Å². The Hall–Kier alpha value is -0.920. The molecule has 0 radical (unpaired) electrons. The lowest BCUT2D eigenvalue weighted by Gasteiger charge is -2.43. The fourth-order valence-electron chi connectivity index (χ4n) is 3.10. The molecule has 14 heavy (non-hydrogen) atoms. The highest BCUT2D eigenvalue weighted by molar-refractivity contribution is 5.96. The average molecular weight is 192 g/mol. The van der Waals surface area contributed by atoms with Crippen LogP contribution in [0.3, 0.4) is 0 Å². The summed E-state index contributed by atoms with van der Waals surface area (Å²) >= 11 is 0. The lowest BCUT2D eigenvalue weighted by Crippen LogP contribution is -2.49. The third-order valence-corrected chi connectivity index (χ3v) is 3.72. The van der Waals surface area contributed by atoms with Gasteiger partial charge in [0.05, 0.1) is 5.41 Å². The molecule has 0 unspecified atom stereocenters. The molecule has 0 aromatic carbocycles. The molecule has 0 spiro atoms. The molecule has 76 valence electrons. The van der Waals surface area contributed by atoms with Crippen molar-refractivity contribution < 1.29 is 9.59 Å². The van der Waals surface area contributed by atoms with Gasteiger partial charge in [0, 0.05) is 12.3 Å². The van der Waals surface area contributed by atoms with E-state index in [9.17, 15) is 9.59 Å². The Morgan fingerprint density at radius 3 is 2.64 bits per heavy atom. The van der Waals surface area contributed by atoms with Crippen LogP contribution >= 0.6 is 0 Å². The first-order chi connectivity index (χ1) is 6.61. The molecule has 2 aliphatic carbocycles. The summed E-state index contributed by atoms with van der Waals surface area (Å²) < 4.78 is 0. The van der Waals surface area contributed by atoms with E-state index in [4.69, 9.17) is 0 Å². The summed E-state index contributed by atoms with van der Waals surface area (Å²) in [5, 5.41) is 0. The Bertz CT molecular complexity index is 312. The van der Waals surface area contributed by atoms with Crippen molar-refractivity contribution in [3.8, 4) is 0 Å². The molecular weight excluding hydrogens is 176 g/mol. The molecule has 0 heterocycles. The SMILES string of the molecule is CC(C)=C[C@@]12C(=O)C[C@@H]1CC[C@@H]2C=O. The molecule has 0 N–H and O–H groups in total. The second-order valence-corrected chi connectivity index (χ2v) is 4.80. The summed E-state index contributed by atoms with van der Waals surface area (Å²) in [5.74, 6) is 0.669. The molecule has 0 aromatic rings. The average Bonchev–Trinajstić information content (AvgIpc) is 2.39. The molecule has 0 aliphatic heterocycles. The van der Waals surface area contributed by atoms with Crippen LogP contribution < -0.4 is 0 Å². The first-order valence-electron chi connectivity index (χ1n) is 5.26. The molecule has 0 saturated heterocycles. The van der Waals surface area contributed by atoms with Gasteiger partial charge in [-0.1, -0.05) is 11.6 Å². The molecule has 2 nitrogen and oxygen atoms in total. The third kappa shape index (κ3) is 1.03. The minimum atomic E-state index is -0.388. The van der Waals surface area contributed by atoms with Crippen LogP contribution in [0.4, 0.5) is 0 Å². The van der Waals surface area contributed by atoms with Crippen molar-refractivity contribution in [1.82, 2.24) is 0 Å². The molecule has 0 bridgehead atoms. The van der Waals surface area contributed by atoms with Gasteiger partial charge in [-0.15, -0.1) is 0 Å². The van der Waals surface area contributed by atoms with Gasteiger partial charge in [0.25, 0.3) is 0 Å². The van der Waals surface area contributed by atoms with Crippen LogP contribution in [0.15, 0.2) is 11.6 Å². The molecule has 0 amide bonds. The smallest absolute Gasteiger partial charge is 0.144 e. The van der Waals surface area contributed by atoms with Crippen molar-refractivity contribution in [3.63, 3.8) is 0 Å². The summed E-state index contributed by atoms with van der Waals surface area (Å²) in [5.41, 5.74) is 0.762. The maximum absolute atomic E-state index is 11.7. The first kappa shape index (κ1) is 9.63. The van der Waals surface area contributed by atoms with E-state index in [2.05, 4.69) is 0 Å². The molecular formula is C12H16O2. The van der Waals surface area contributed by atoms with E-state index in [1.54, 1.807) is 0 Å². The maximum atomic E-state index is 11.7. The second kappa shape index (κ2) is 3.04. The highest BCUT2D eigenvalue weighted by Crippen LogP contribution is 2.58. The Morgan fingerprint density at radius 2 is 2.14 bits per heavy atom. The van der Waals surface area contributed by atoms with Gasteiger partial charge >= 0.3 is 0 Å². The van der Waals surface area contributed by atoms with Crippen LogP contribution in [0.25, 0.3) is 0 Å². The summed E-state index contributed by atoms with van der Waals surface area (Å²) in [4.78, 5) is 22.7. The number of hydrogen-bond donors (Lipinski definition) is 0. The summed E-state index contributed by atoms with van der Waals surface area (Å²) in [6.07, 6.45) is 5.64. The van der Waals surface area contributed by atoms with Gasteiger partial charge in [0.2, 0.25) is 0 Å². The van der Waals surface area contributed by atoms with Crippen molar-refractivity contribution in [2.75, 3.05) is 0 Å². The molecule has 0 aromatic heterocycles. The molecule has 2 rings (SSSR count). The number of ketones is 1.